The van der Waals surface area contributed by atoms with Crippen molar-refractivity contribution in [2.75, 3.05) is 27.2 Å². The molecule has 0 aromatic heterocycles. The van der Waals surface area contributed by atoms with Crippen molar-refractivity contribution < 1.29 is 22.7 Å². The van der Waals surface area contributed by atoms with Gasteiger partial charge in [-0.1, -0.05) is 17.7 Å². The first kappa shape index (κ1) is 22.7. The van der Waals surface area contributed by atoms with Crippen molar-refractivity contribution in [1.29, 1.82) is 0 Å². The second kappa shape index (κ2) is 9.76. The van der Waals surface area contributed by atoms with E-state index in [2.05, 4.69) is 5.32 Å². The summed E-state index contributed by atoms with van der Waals surface area (Å²) in [6.07, 6.45) is -0.632. The second-order valence-electron chi connectivity index (χ2n) is 6.93. The molecule has 7 nitrogen and oxygen atoms in total. The summed E-state index contributed by atoms with van der Waals surface area (Å²) in [7, 11) is -0.505. The molecule has 0 fully saturated rings. The Morgan fingerprint density at radius 2 is 1.76 bits per heavy atom. The van der Waals surface area contributed by atoms with Gasteiger partial charge < -0.3 is 14.8 Å². The molecule has 158 valence electrons. The first-order valence-electron chi connectivity index (χ1n) is 9.28. The minimum Gasteiger partial charge on any atom is -0.492 e. The van der Waals surface area contributed by atoms with E-state index in [-0.39, 0.29) is 17.4 Å². The summed E-state index contributed by atoms with van der Waals surface area (Å²) in [4.78, 5) is 12.4. The number of rotatable bonds is 9. The molecule has 1 N–H and O–H groups in total. The normalized spacial score (nSPS) is 12.5. The molecule has 2 aromatic carbocycles. The molecule has 0 aliphatic rings. The molecule has 29 heavy (non-hydrogen) atoms. The summed E-state index contributed by atoms with van der Waals surface area (Å²) in [5, 5.41) is 2.76. The molecular weight excluding hydrogens is 392 g/mol. The highest BCUT2D eigenvalue weighted by Gasteiger charge is 2.17. The lowest BCUT2D eigenvalue weighted by molar-refractivity contribution is -0.127. The summed E-state index contributed by atoms with van der Waals surface area (Å²) in [6.45, 7) is 6.19. The Labute approximate surface area is 172 Å². The highest BCUT2D eigenvalue weighted by atomic mass is 32.2. The van der Waals surface area contributed by atoms with Gasteiger partial charge in [0.05, 0.1) is 11.4 Å². The molecule has 0 aliphatic heterocycles. The van der Waals surface area contributed by atoms with Crippen LogP contribution in [0, 0.1) is 13.8 Å². The van der Waals surface area contributed by atoms with Crippen molar-refractivity contribution in [3.05, 3.63) is 53.6 Å². The SMILES string of the molecule is Cc1ccc(O[C@H](C)C(=O)NCCOc2ccc(S(=O)(=O)N(C)C)cc2)c(C)c1. The van der Waals surface area contributed by atoms with E-state index in [0.717, 1.165) is 15.4 Å². The fraction of sp³-hybridized carbons (Fsp3) is 0.381. The zero-order valence-corrected chi connectivity index (χ0v) is 18.2. The maximum Gasteiger partial charge on any atom is 0.260 e. The number of aryl methyl sites for hydroxylation is 2. The van der Waals surface area contributed by atoms with Crippen LogP contribution >= 0.6 is 0 Å². The Morgan fingerprint density at radius 1 is 1.10 bits per heavy atom. The third-order valence-corrected chi connectivity index (χ3v) is 6.11. The highest BCUT2D eigenvalue weighted by Crippen LogP contribution is 2.20. The minimum atomic E-state index is -3.46. The first-order chi connectivity index (χ1) is 13.6. The molecule has 0 radical (unpaired) electrons. The van der Waals surface area contributed by atoms with Gasteiger partial charge in [-0.2, -0.15) is 0 Å². The molecule has 0 saturated carbocycles. The van der Waals surface area contributed by atoms with Gasteiger partial charge in [-0.05, 0) is 56.7 Å². The maximum absolute atomic E-state index is 12.2. The molecule has 1 amide bonds. The molecule has 2 aromatic rings. The van der Waals surface area contributed by atoms with Crippen molar-refractivity contribution in [3.8, 4) is 11.5 Å². The highest BCUT2D eigenvalue weighted by molar-refractivity contribution is 7.89. The Hall–Kier alpha value is -2.58. The topological polar surface area (TPSA) is 84.9 Å². The van der Waals surface area contributed by atoms with Crippen molar-refractivity contribution in [1.82, 2.24) is 9.62 Å². The van der Waals surface area contributed by atoms with E-state index in [4.69, 9.17) is 9.47 Å². The monoisotopic (exact) mass is 420 g/mol. The Balaban J connectivity index is 1.79. The van der Waals surface area contributed by atoms with Gasteiger partial charge in [-0.3, -0.25) is 4.79 Å². The fourth-order valence-electron chi connectivity index (χ4n) is 2.58. The van der Waals surface area contributed by atoms with E-state index < -0.39 is 16.1 Å². The van der Waals surface area contributed by atoms with E-state index in [1.165, 1.54) is 26.2 Å². The third-order valence-electron chi connectivity index (χ3n) is 4.28. The van der Waals surface area contributed by atoms with Crippen LogP contribution in [-0.2, 0) is 14.8 Å². The largest absolute Gasteiger partial charge is 0.492 e. The van der Waals surface area contributed by atoms with E-state index >= 15 is 0 Å². The van der Waals surface area contributed by atoms with Crippen molar-refractivity contribution in [2.24, 2.45) is 0 Å². The average Bonchev–Trinajstić information content (AvgIpc) is 2.67. The van der Waals surface area contributed by atoms with Crippen LogP contribution in [0.5, 0.6) is 11.5 Å². The quantitative estimate of drug-likeness (QED) is 0.630. The van der Waals surface area contributed by atoms with Crippen LogP contribution in [0.25, 0.3) is 0 Å². The van der Waals surface area contributed by atoms with Crippen LogP contribution in [0.2, 0.25) is 0 Å². The third kappa shape index (κ3) is 6.20. The molecule has 2 rings (SSSR count). The zero-order chi connectivity index (χ0) is 21.6. The summed E-state index contributed by atoms with van der Waals surface area (Å²) >= 11 is 0. The number of hydrogen-bond acceptors (Lipinski definition) is 5. The summed E-state index contributed by atoms with van der Waals surface area (Å²) < 4.78 is 36.5. The van der Waals surface area contributed by atoms with E-state index in [0.29, 0.717) is 18.0 Å². The van der Waals surface area contributed by atoms with E-state index in [9.17, 15) is 13.2 Å². The number of amides is 1. The van der Waals surface area contributed by atoms with Crippen molar-refractivity contribution in [3.63, 3.8) is 0 Å². The maximum atomic E-state index is 12.2. The van der Waals surface area contributed by atoms with Gasteiger partial charge in [0.2, 0.25) is 10.0 Å². The predicted molar refractivity (Wildman–Crippen MR) is 112 cm³/mol. The van der Waals surface area contributed by atoms with Gasteiger partial charge in [0, 0.05) is 14.1 Å². The van der Waals surface area contributed by atoms with E-state index in [1.807, 2.05) is 32.0 Å². The van der Waals surface area contributed by atoms with E-state index in [1.54, 1.807) is 19.1 Å². The summed E-state index contributed by atoms with van der Waals surface area (Å²) in [5.74, 6) is 0.972. The smallest absolute Gasteiger partial charge is 0.260 e. The van der Waals surface area contributed by atoms with Crippen LogP contribution in [0.1, 0.15) is 18.1 Å². The molecular formula is C21H28N2O5S. The second-order valence-corrected chi connectivity index (χ2v) is 9.08. The molecule has 0 aliphatic carbocycles. The summed E-state index contributed by atoms with van der Waals surface area (Å²) in [6, 6.07) is 12.0. The number of benzene rings is 2. The molecule has 0 spiro atoms. The average molecular weight is 421 g/mol. The van der Waals surface area contributed by atoms with Gasteiger partial charge in [-0.25, -0.2) is 12.7 Å². The predicted octanol–water partition coefficient (Wildman–Crippen LogP) is 2.52. The van der Waals surface area contributed by atoms with Crippen molar-refractivity contribution >= 4 is 15.9 Å². The standard InChI is InChI=1S/C21H28N2O5S/c1-15-6-11-20(16(2)14-15)28-17(3)21(24)22-12-13-27-18-7-9-19(10-8-18)29(25,26)23(4)5/h6-11,14,17H,12-13H2,1-5H3,(H,22,24)/t17-/m1/s1. The number of ether oxygens (including phenoxy) is 2. The number of sulfonamides is 1. The van der Waals surface area contributed by atoms with Crippen LogP contribution in [0.3, 0.4) is 0 Å². The number of hydrogen-bond donors (Lipinski definition) is 1. The van der Waals surface area contributed by atoms with Crippen LogP contribution < -0.4 is 14.8 Å². The minimum absolute atomic E-state index is 0.195. The van der Waals surface area contributed by atoms with Gasteiger partial charge >= 0.3 is 0 Å². The molecule has 0 saturated heterocycles. The van der Waals surface area contributed by atoms with Crippen molar-refractivity contribution in [2.45, 2.75) is 31.8 Å². The molecule has 0 heterocycles. The van der Waals surface area contributed by atoms with Gasteiger partial charge in [0.1, 0.15) is 18.1 Å². The van der Waals surface area contributed by atoms with Gasteiger partial charge in [0.25, 0.3) is 5.91 Å². The van der Waals surface area contributed by atoms with Gasteiger partial charge in [0.15, 0.2) is 6.10 Å². The number of nitrogens with one attached hydrogen (secondary N) is 1. The zero-order valence-electron chi connectivity index (χ0n) is 17.4. The Kier molecular flexibility index (Phi) is 7.64. The lowest BCUT2D eigenvalue weighted by Gasteiger charge is -2.17. The first-order valence-corrected chi connectivity index (χ1v) is 10.7. The number of carbonyl (C=O) groups is 1. The van der Waals surface area contributed by atoms with Gasteiger partial charge in [-0.15, -0.1) is 0 Å². The molecule has 0 unspecified atom stereocenters. The van der Waals surface area contributed by atoms with Crippen LogP contribution in [0.4, 0.5) is 0 Å². The summed E-state index contributed by atoms with van der Waals surface area (Å²) in [5.41, 5.74) is 2.11. The molecule has 0 bridgehead atoms. The number of nitrogens with zero attached hydrogens (tertiary/aromatic N) is 1. The number of carbonyl (C=O) groups excluding carboxylic acids is 1. The lowest BCUT2D eigenvalue weighted by Crippen LogP contribution is -2.38. The Morgan fingerprint density at radius 3 is 2.34 bits per heavy atom. The fourth-order valence-corrected chi connectivity index (χ4v) is 3.48. The molecule has 1 atom stereocenters. The lowest BCUT2D eigenvalue weighted by atomic mass is 10.1. The Bertz CT molecular complexity index is 940. The molecule has 8 heteroatoms. The van der Waals surface area contributed by atoms with Crippen LogP contribution in [0.15, 0.2) is 47.4 Å². The van der Waals surface area contributed by atoms with Crippen LogP contribution in [-0.4, -0.2) is 52.0 Å².